The summed E-state index contributed by atoms with van der Waals surface area (Å²) in [6, 6.07) is 13.6. The van der Waals surface area contributed by atoms with Gasteiger partial charge in [0.15, 0.2) is 0 Å². The Morgan fingerprint density at radius 3 is 2.48 bits per heavy atom. The Morgan fingerprint density at radius 2 is 1.76 bits per heavy atom. The molecule has 1 saturated heterocycles. The fourth-order valence-electron chi connectivity index (χ4n) is 7.12. The van der Waals surface area contributed by atoms with Gasteiger partial charge < -0.3 is 10.4 Å². The maximum absolute atomic E-state index is 13.4. The molecule has 0 aromatic heterocycles. The minimum atomic E-state index is -3.79. The number of benzene rings is 2. The quantitative estimate of drug-likeness (QED) is 0.721. The Hall–Kier alpha value is -2.16. The van der Waals surface area contributed by atoms with Crippen LogP contribution in [0.1, 0.15) is 38.5 Å². The molecule has 1 heterocycles. The average Bonchev–Trinajstić information content (AvgIpc) is 2.76. The fourth-order valence-corrected chi connectivity index (χ4v) is 8.78. The number of anilines is 1. The number of carbonyl (C=O) groups is 1. The van der Waals surface area contributed by atoms with Gasteiger partial charge >= 0.3 is 10.2 Å². The van der Waals surface area contributed by atoms with E-state index in [0.29, 0.717) is 43.0 Å². The topological polar surface area (TPSA) is 90.0 Å². The monoisotopic (exact) mass is 469 g/mol. The molecule has 1 amide bonds. The van der Waals surface area contributed by atoms with Crippen LogP contribution in [0.2, 0.25) is 0 Å². The first kappa shape index (κ1) is 21.4. The molecule has 0 spiro atoms. The van der Waals surface area contributed by atoms with E-state index in [1.807, 2.05) is 42.5 Å². The van der Waals surface area contributed by atoms with Crippen molar-refractivity contribution >= 4 is 32.6 Å². The van der Waals surface area contributed by atoms with Crippen LogP contribution >= 0.6 is 0 Å². The zero-order chi connectivity index (χ0) is 22.8. The number of fused-ring (bicyclic) bond motifs is 1. The molecule has 4 saturated carbocycles. The lowest BCUT2D eigenvalue weighted by atomic mass is 9.52. The number of aliphatic hydroxyl groups is 1. The SMILES string of the molecule is O=C(CN1CCCN(c2ccc3ccccc3c2)S1(=O)=O)NC1C2CC3CC1CC(O)(C3)C2. The summed E-state index contributed by atoms with van der Waals surface area (Å²) in [5.41, 5.74) is 0.0852. The van der Waals surface area contributed by atoms with Crippen molar-refractivity contribution in [3.63, 3.8) is 0 Å². The molecular weight excluding hydrogens is 438 g/mol. The molecule has 8 heteroatoms. The van der Waals surface area contributed by atoms with Crippen LogP contribution in [0, 0.1) is 17.8 Å². The lowest BCUT2D eigenvalue weighted by Crippen LogP contribution is -2.62. The van der Waals surface area contributed by atoms with E-state index in [0.717, 1.165) is 42.9 Å². The van der Waals surface area contributed by atoms with E-state index in [1.54, 1.807) is 0 Å². The van der Waals surface area contributed by atoms with Crippen LogP contribution in [0.3, 0.4) is 0 Å². The molecule has 2 atom stereocenters. The summed E-state index contributed by atoms with van der Waals surface area (Å²) in [7, 11) is -3.79. The van der Waals surface area contributed by atoms with Crippen molar-refractivity contribution in [3.8, 4) is 0 Å². The molecule has 1 aliphatic heterocycles. The normalized spacial score (nSPS) is 35.1. The van der Waals surface area contributed by atoms with Crippen molar-refractivity contribution in [2.24, 2.45) is 17.8 Å². The fraction of sp³-hybridized carbons (Fsp3) is 0.560. The smallest absolute Gasteiger partial charge is 0.304 e. The van der Waals surface area contributed by atoms with Gasteiger partial charge in [-0.25, -0.2) is 0 Å². The third-order valence-electron chi connectivity index (χ3n) is 8.28. The number of nitrogens with one attached hydrogen (secondary N) is 1. The van der Waals surface area contributed by atoms with Gasteiger partial charge in [-0.1, -0.05) is 30.3 Å². The molecule has 5 aliphatic rings. The van der Waals surface area contributed by atoms with Gasteiger partial charge in [0.1, 0.15) is 0 Å². The van der Waals surface area contributed by atoms with E-state index in [9.17, 15) is 18.3 Å². The zero-order valence-electron chi connectivity index (χ0n) is 18.7. The van der Waals surface area contributed by atoms with Crippen molar-refractivity contribution in [1.82, 2.24) is 9.62 Å². The Labute approximate surface area is 194 Å². The third kappa shape index (κ3) is 3.72. The second-order valence-electron chi connectivity index (χ2n) is 10.6. The van der Waals surface area contributed by atoms with Crippen LogP contribution in [-0.4, -0.2) is 55.0 Å². The summed E-state index contributed by atoms with van der Waals surface area (Å²) < 4.78 is 29.5. The van der Waals surface area contributed by atoms with Crippen molar-refractivity contribution in [2.45, 2.75) is 50.2 Å². The predicted molar refractivity (Wildman–Crippen MR) is 127 cm³/mol. The molecule has 0 radical (unpaired) electrons. The Balaban J connectivity index is 1.17. The minimum absolute atomic E-state index is 0.0541. The molecule has 7 nitrogen and oxygen atoms in total. The molecule has 176 valence electrons. The van der Waals surface area contributed by atoms with E-state index in [1.165, 1.54) is 8.61 Å². The van der Waals surface area contributed by atoms with Crippen LogP contribution in [-0.2, 0) is 15.0 Å². The minimum Gasteiger partial charge on any atom is -0.390 e. The number of hydrogen-bond acceptors (Lipinski definition) is 4. The Bertz CT molecular complexity index is 1180. The molecule has 7 rings (SSSR count). The molecule has 2 N–H and O–H groups in total. The number of carbonyl (C=O) groups excluding carboxylic acids is 1. The lowest BCUT2D eigenvalue weighted by Gasteiger charge is -2.58. The summed E-state index contributed by atoms with van der Waals surface area (Å²) in [6.07, 6.45) is 5.19. The molecule has 4 aliphatic carbocycles. The van der Waals surface area contributed by atoms with Gasteiger partial charge in [0.05, 0.1) is 17.8 Å². The molecule has 2 aromatic carbocycles. The summed E-state index contributed by atoms with van der Waals surface area (Å²) in [4.78, 5) is 13.0. The second-order valence-corrected chi connectivity index (χ2v) is 12.4. The molecule has 2 unspecified atom stereocenters. The third-order valence-corrected chi connectivity index (χ3v) is 10.2. The first-order chi connectivity index (χ1) is 15.8. The van der Waals surface area contributed by atoms with Crippen LogP contribution in [0.15, 0.2) is 42.5 Å². The first-order valence-electron chi connectivity index (χ1n) is 12.1. The number of amides is 1. The number of nitrogens with zero attached hydrogens (tertiary/aromatic N) is 2. The van der Waals surface area contributed by atoms with Crippen LogP contribution in [0.4, 0.5) is 5.69 Å². The number of rotatable bonds is 4. The molecule has 5 fully saturated rings. The van der Waals surface area contributed by atoms with Gasteiger partial charge in [0.25, 0.3) is 0 Å². The standard InChI is InChI=1S/C25H31N3O4S/c29-23(26-24-20-10-17-11-21(24)15-25(30,13-17)14-20)16-27-8-3-9-28(33(27,31)32)22-7-6-18-4-1-2-5-19(18)12-22/h1-2,4-7,12,17,20-21,24,30H,3,8-11,13-16H2,(H,26,29). The van der Waals surface area contributed by atoms with Crippen molar-refractivity contribution in [3.05, 3.63) is 42.5 Å². The highest BCUT2D eigenvalue weighted by atomic mass is 32.2. The average molecular weight is 470 g/mol. The van der Waals surface area contributed by atoms with Crippen molar-refractivity contribution in [2.75, 3.05) is 23.9 Å². The van der Waals surface area contributed by atoms with Crippen LogP contribution < -0.4 is 9.62 Å². The van der Waals surface area contributed by atoms with E-state index in [-0.39, 0.29) is 18.5 Å². The van der Waals surface area contributed by atoms with Gasteiger partial charge in [-0.05, 0) is 79.2 Å². The summed E-state index contributed by atoms with van der Waals surface area (Å²) >= 11 is 0. The van der Waals surface area contributed by atoms with Crippen molar-refractivity contribution in [1.29, 1.82) is 0 Å². The number of hydrogen-bond donors (Lipinski definition) is 2. The summed E-state index contributed by atoms with van der Waals surface area (Å²) in [6.45, 7) is 0.598. The van der Waals surface area contributed by atoms with E-state index >= 15 is 0 Å². The van der Waals surface area contributed by atoms with E-state index in [4.69, 9.17) is 0 Å². The zero-order valence-corrected chi connectivity index (χ0v) is 19.5. The van der Waals surface area contributed by atoms with Gasteiger partial charge in [0, 0.05) is 19.1 Å². The summed E-state index contributed by atoms with van der Waals surface area (Å²) in [5, 5.41) is 16.0. The highest BCUT2D eigenvalue weighted by Gasteiger charge is 2.55. The highest BCUT2D eigenvalue weighted by Crippen LogP contribution is 2.55. The summed E-state index contributed by atoms with van der Waals surface area (Å²) in [5.74, 6) is 0.941. The van der Waals surface area contributed by atoms with Gasteiger partial charge in [-0.2, -0.15) is 12.7 Å². The highest BCUT2D eigenvalue weighted by molar-refractivity contribution is 7.90. The van der Waals surface area contributed by atoms with E-state index < -0.39 is 15.8 Å². The van der Waals surface area contributed by atoms with Crippen LogP contribution in [0.5, 0.6) is 0 Å². The van der Waals surface area contributed by atoms with E-state index in [2.05, 4.69) is 5.32 Å². The molecular formula is C25H31N3O4S. The molecule has 2 aromatic rings. The predicted octanol–water partition coefficient (Wildman–Crippen LogP) is 2.65. The maximum Gasteiger partial charge on any atom is 0.304 e. The molecule has 33 heavy (non-hydrogen) atoms. The van der Waals surface area contributed by atoms with Gasteiger partial charge in [-0.3, -0.25) is 9.10 Å². The molecule has 4 bridgehead atoms. The van der Waals surface area contributed by atoms with Crippen LogP contribution in [0.25, 0.3) is 10.8 Å². The largest absolute Gasteiger partial charge is 0.390 e. The Kier molecular flexibility index (Phi) is 4.98. The second kappa shape index (κ2) is 7.68. The van der Waals surface area contributed by atoms with Gasteiger partial charge in [-0.15, -0.1) is 0 Å². The maximum atomic E-state index is 13.4. The Morgan fingerprint density at radius 1 is 1.03 bits per heavy atom. The van der Waals surface area contributed by atoms with Gasteiger partial charge in [0.2, 0.25) is 5.91 Å². The van der Waals surface area contributed by atoms with Crippen molar-refractivity contribution < 1.29 is 18.3 Å². The first-order valence-corrected chi connectivity index (χ1v) is 13.5. The lowest BCUT2D eigenvalue weighted by molar-refractivity contribution is -0.146.